The second-order valence-electron chi connectivity index (χ2n) is 7.38. The third kappa shape index (κ3) is 4.07. The number of ether oxygens (including phenoxy) is 2. The Balaban J connectivity index is 1.44. The van der Waals surface area contributed by atoms with Gasteiger partial charge in [0.15, 0.2) is 11.5 Å². The lowest BCUT2D eigenvalue weighted by molar-refractivity contribution is 0.168. The van der Waals surface area contributed by atoms with E-state index in [1.54, 1.807) is 13.3 Å². The van der Waals surface area contributed by atoms with E-state index in [0.29, 0.717) is 12.3 Å². The molecule has 0 aliphatic carbocycles. The summed E-state index contributed by atoms with van der Waals surface area (Å²) >= 11 is 0. The molecule has 1 fully saturated rings. The summed E-state index contributed by atoms with van der Waals surface area (Å²) in [5.74, 6) is 1.62. The van der Waals surface area contributed by atoms with Gasteiger partial charge >= 0.3 is 0 Å². The summed E-state index contributed by atoms with van der Waals surface area (Å²) in [6, 6.07) is 5.34. The SMILES string of the molecule is COCc1ncc(OC2CCN(c3nn4c(=O)ccnc4cc3C)CC2)cc1C. The zero-order valence-electron chi connectivity index (χ0n) is 17.0. The van der Waals surface area contributed by atoms with Gasteiger partial charge in [-0.2, -0.15) is 4.52 Å². The molecule has 8 heteroatoms. The Kier molecular flexibility index (Phi) is 5.44. The van der Waals surface area contributed by atoms with Gasteiger partial charge in [0.2, 0.25) is 0 Å². The van der Waals surface area contributed by atoms with Gasteiger partial charge in [0.1, 0.15) is 11.9 Å². The second-order valence-corrected chi connectivity index (χ2v) is 7.38. The van der Waals surface area contributed by atoms with Gasteiger partial charge < -0.3 is 14.4 Å². The minimum atomic E-state index is -0.172. The smallest absolute Gasteiger partial charge is 0.274 e. The molecule has 29 heavy (non-hydrogen) atoms. The van der Waals surface area contributed by atoms with Crippen LogP contribution in [0.3, 0.4) is 0 Å². The lowest BCUT2D eigenvalue weighted by Crippen LogP contribution is -2.39. The van der Waals surface area contributed by atoms with Crippen molar-refractivity contribution in [2.75, 3.05) is 25.1 Å². The molecule has 0 bridgehead atoms. The van der Waals surface area contributed by atoms with E-state index in [0.717, 1.165) is 54.3 Å². The van der Waals surface area contributed by atoms with E-state index < -0.39 is 0 Å². The minimum absolute atomic E-state index is 0.130. The maximum absolute atomic E-state index is 12.1. The van der Waals surface area contributed by atoms with Crippen molar-refractivity contribution in [1.29, 1.82) is 0 Å². The third-order valence-corrected chi connectivity index (χ3v) is 5.23. The zero-order chi connectivity index (χ0) is 20.4. The van der Waals surface area contributed by atoms with Gasteiger partial charge in [-0.1, -0.05) is 0 Å². The molecule has 4 rings (SSSR count). The molecule has 1 saturated heterocycles. The van der Waals surface area contributed by atoms with Crippen LogP contribution < -0.4 is 15.2 Å². The molecule has 0 atom stereocenters. The Morgan fingerprint density at radius 3 is 2.66 bits per heavy atom. The largest absolute Gasteiger partial charge is 0.489 e. The van der Waals surface area contributed by atoms with Crippen LogP contribution in [0.15, 0.2) is 35.4 Å². The van der Waals surface area contributed by atoms with Crippen LogP contribution in [-0.2, 0) is 11.3 Å². The maximum atomic E-state index is 12.1. The van der Waals surface area contributed by atoms with Gasteiger partial charge in [0, 0.05) is 45.3 Å². The first-order valence-corrected chi connectivity index (χ1v) is 9.77. The monoisotopic (exact) mass is 395 g/mol. The fourth-order valence-electron chi connectivity index (χ4n) is 3.67. The van der Waals surface area contributed by atoms with Crippen LogP contribution in [0.2, 0.25) is 0 Å². The van der Waals surface area contributed by atoms with Crippen molar-refractivity contribution in [3.8, 4) is 5.75 Å². The summed E-state index contributed by atoms with van der Waals surface area (Å²) in [6.45, 7) is 6.14. The van der Waals surface area contributed by atoms with Crippen molar-refractivity contribution in [3.05, 3.63) is 57.8 Å². The topological polar surface area (TPSA) is 81.9 Å². The van der Waals surface area contributed by atoms with Crippen LogP contribution in [0.5, 0.6) is 5.75 Å². The summed E-state index contributed by atoms with van der Waals surface area (Å²) in [5, 5.41) is 4.55. The van der Waals surface area contributed by atoms with E-state index in [1.165, 1.54) is 16.8 Å². The molecule has 152 valence electrons. The average molecular weight is 395 g/mol. The van der Waals surface area contributed by atoms with Crippen LogP contribution in [0.4, 0.5) is 5.82 Å². The van der Waals surface area contributed by atoms with Crippen LogP contribution in [0.1, 0.15) is 29.7 Å². The van der Waals surface area contributed by atoms with E-state index in [1.807, 2.05) is 26.0 Å². The Labute approximate surface area is 169 Å². The Morgan fingerprint density at radius 2 is 1.93 bits per heavy atom. The van der Waals surface area contributed by atoms with E-state index in [9.17, 15) is 4.79 Å². The summed E-state index contributed by atoms with van der Waals surface area (Å²) < 4.78 is 12.7. The predicted octanol–water partition coefficient (Wildman–Crippen LogP) is 2.30. The lowest BCUT2D eigenvalue weighted by atomic mass is 10.1. The second kappa shape index (κ2) is 8.16. The summed E-state index contributed by atoms with van der Waals surface area (Å²) in [7, 11) is 1.66. The molecular formula is C21H25N5O3. The Bertz CT molecular complexity index is 1070. The van der Waals surface area contributed by atoms with Crippen molar-refractivity contribution in [2.45, 2.75) is 39.4 Å². The van der Waals surface area contributed by atoms with Crippen molar-refractivity contribution in [1.82, 2.24) is 19.6 Å². The summed E-state index contributed by atoms with van der Waals surface area (Å²) in [4.78, 5) is 22.9. The van der Waals surface area contributed by atoms with Crippen molar-refractivity contribution < 1.29 is 9.47 Å². The average Bonchev–Trinajstić information content (AvgIpc) is 2.71. The zero-order valence-corrected chi connectivity index (χ0v) is 17.0. The van der Waals surface area contributed by atoms with Crippen LogP contribution >= 0.6 is 0 Å². The number of methoxy groups -OCH3 is 1. The molecular weight excluding hydrogens is 370 g/mol. The number of nitrogens with zero attached hydrogens (tertiary/aromatic N) is 5. The van der Waals surface area contributed by atoms with Gasteiger partial charge in [-0.25, -0.2) is 4.98 Å². The van der Waals surface area contributed by atoms with E-state index in [2.05, 4.69) is 20.0 Å². The lowest BCUT2D eigenvalue weighted by Gasteiger charge is -2.33. The van der Waals surface area contributed by atoms with Gasteiger partial charge in [0.25, 0.3) is 5.56 Å². The molecule has 1 aliphatic heterocycles. The summed E-state index contributed by atoms with van der Waals surface area (Å²) in [6.07, 6.45) is 5.16. The molecule has 0 aromatic carbocycles. The van der Waals surface area contributed by atoms with Gasteiger partial charge in [-0.05, 0) is 37.1 Å². The number of piperidine rings is 1. The fourth-order valence-corrected chi connectivity index (χ4v) is 3.67. The number of aromatic nitrogens is 4. The highest BCUT2D eigenvalue weighted by atomic mass is 16.5. The highest BCUT2D eigenvalue weighted by Crippen LogP contribution is 2.25. The number of hydrogen-bond donors (Lipinski definition) is 0. The normalized spacial score (nSPS) is 15.1. The van der Waals surface area contributed by atoms with Gasteiger partial charge in [-0.3, -0.25) is 9.78 Å². The quantitative estimate of drug-likeness (QED) is 0.656. The van der Waals surface area contributed by atoms with Crippen LogP contribution in [0.25, 0.3) is 5.65 Å². The number of pyridine rings is 1. The number of anilines is 1. The first-order chi connectivity index (χ1) is 14.0. The maximum Gasteiger partial charge on any atom is 0.274 e. The number of rotatable bonds is 5. The number of fused-ring (bicyclic) bond motifs is 1. The first-order valence-electron chi connectivity index (χ1n) is 9.77. The molecule has 0 unspecified atom stereocenters. The first kappa shape index (κ1) is 19.3. The van der Waals surface area contributed by atoms with E-state index >= 15 is 0 Å². The van der Waals surface area contributed by atoms with Crippen molar-refractivity contribution >= 4 is 11.5 Å². The third-order valence-electron chi connectivity index (χ3n) is 5.23. The van der Waals surface area contributed by atoms with Crippen molar-refractivity contribution in [3.63, 3.8) is 0 Å². The van der Waals surface area contributed by atoms with Gasteiger partial charge in [0.05, 0.1) is 18.5 Å². The molecule has 0 amide bonds. The predicted molar refractivity (Wildman–Crippen MR) is 110 cm³/mol. The van der Waals surface area contributed by atoms with Crippen LogP contribution in [-0.4, -0.2) is 45.9 Å². The van der Waals surface area contributed by atoms with Crippen molar-refractivity contribution in [2.24, 2.45) is 0 Å². The Hall–Kier alpha value is -3.00. The standard InChI is InChI=1S/C21H25N5O3/c1-14-10-17(12-23-18(14)13-28-3)29-16-5-8-25(9-6-16)21-15(2)11-19-22-7-4-20(27)26(19)24-21/h4,7,10-12,16H,5-6,8-9,13H2,1-3H3. The fraction of sp³-hybridized carbons (Fsp3) is 0.429. The van der Waals surface area contributed by atoms with E-state index in [4.69, 9.17) is 9.47 Å². The molecule has 0 saturated carbocycles. The number of aryl methyl sites for hydroxylation is 2. The molecule has 4 heterocycles. The van der Waals surface area contributed by atoms with Crippen LogP contribution in [0, 0.1) is 13.8 Å². The molecule has 0 radical (unpaired) electrons. The number of hydrogen-bond acceptors (Lipinski definition) is 7. The minimum Gasteiger partial charge on any atom is -0.489 e. The van der Waals surface area contributed by atoms with Gasteiger partial charge in [-0.15, -0.1) is 5.10 Å². The highest BCUT2D eigenvalue weighted by Gasteiger charge is 2.23. The molecule has 8 nitrogen and oxygen atoms in total. The molecule has 1 aliphatic rings. The molecule has 0 spiro atoms. The summed E-state index contributed by atoms with van der Waals surface area (Å²) in [5.41, 5.74) is 3.40. The molecule has 0 N–H and O–H groups in total. The van der Waals surface area contributed by atoms with E-state index in [-0.39, 0.29) is 11.7 Å². The highest BCUT2D eigenvalue weighted by molar-refractivity contribution is 5.52. The Morgan fingerprint density at radius 1 is 1.14 bits per heavy atom. The molecule has 3 aromatic rings. The molecule has 3 aromatic heterocycles.